The van der Waals surface area contributed by atoms with Crippen LogP contribution >= 0.6 is 11.3 Å². The van der Waals surface area contributed by atoms with Gasteiger partial charge >= 0.3 is 0 Å². The smallest absolute Gasteiger partial charge is 0.138 e. The second kappa shape index (κ2) is 7.66. The fourth-order valence-electron chi connectivity index (χ4n) is 2.38. The zero-order valence-corrected chi connectivity index (χ0v) is 14.2. The molecule has 21 heavy (non-hydrogen) atoms. The Kier molecular flexibility index (Phi) is 5.87. The third-order valence-corrected chi connectivity index (χ3v) is 4.23. The molecule has 116 valence electrons. The molecule has 6 heteroatoms. The molecule has 0 aliphatic rings. The van der Waals surface area contributed by atoms with Crippen molar-refractivity contribution in [1.82, 2.24) is 25.1 Å². The third-order valence-electron chi connectivity index (χ3n) is 3.24. The standard InChI is InChI=1S/C15H25N5S/c1-5-16-13(7-15-19-12(4)9-21-15)6-14-17-10-18-20(14)8-11(2)3/h9-11,13,16H,5-8H2,1-4H3. The summed E-state index contributed by atoms with van der Waals surface area (Å²) in [6, 6.07) is 0.357. The van der Waals surface area contributed by atoms with Crippen LogP contribution in [0.15, 0.2) is 11.7 Å². The van der Waals surface area contributed by atoms with Gasteiger partial charge in [0, 0.05) is 36.5 Å². The Morgan fingerprint density at radius 2 is 2.14 bits per heavy atom. The number of nitrogens with one attached hydrogen (secondary N) is 1. The van der Waals surface area contributed by atoms with Crippen LogP contribution in [0.25, 0.3) is 0 Å². The molecule has 0 spiro atoms. The predicted octanol–water partition coefficient (Wildman–Crippen LogP) is 2.46. The molecular weight excluding hydrogens is 282 g/mol. The zero-order chi connectivity index (χ0) is 15.2. The van der Waals surface area contributed by atoms with Gasteiger partial charge in [-0.2, -0.15) is 5.10 Å². The van der Waals surface area contributed by atoms with Crippen molar-refractivity contribution in [2.24, 2.45) is 5.92 Å². The van der Waals surface area contributed by atoms with Crippen molar-refractivity contribution in [2.45, 2.75) is 53.1 Å². The quantitative estimate of drug-likeness (QED) is 0.814. The van der Waals surface area contributed by atoms with Gasteiger partial charge < -0.3 is 5.32 Å². The van der Waals surface area contributed by atoms with E-state index >= 15 is 0 Å². The minimum Gasteiger partial charge on any atom is -0.313 e. The Hall–Kier alpha value is -1.27. The average Bonchev–Trinajstić information content (AvgIpc) is 2.99. The lowest BCUT2D eigenvalue weighted by Crippen LogP contribution is -2.34. The lowest BCUT2D eigenvalue weighted by atomic mass is 10.1. The summed E-state index contributed by atoms with van der Waals surface area (Å²) in [5.41, 5.74) is 1.10. The second-order valence-electron chi connectivity index (χ2n) is 5.80. The van der Waals surface area contributed by atoms with E-state index in [0.717, 1.165) is 37.4 Å². The van der Waals surface area contributed by atoms with E-state index in [1.807, 2.05) is 11.6 Å². The Morgan fingerprint density at radius 1 is 1.33 bits per heavy atom. The lowest BCUT2D eigenvalue weighted by Gasteiger charge is -2.17. The summed E-state index contributed by atoms with van der Waals surface area (Å²) in [7, 11) is 0. The molecule has 0 radical (unpaired) electrons. The summed E-state index contributed by atoms with van der Waals surface area (Å²) in [4.78, 5) is 9.00. The van der Waals surface area contributed by atoms with Crippen LogP contribution in [0.4, 0.5) is 0 Å². The van der Waals surface area contributed by atoms with Gasteiger partial charge in [-0.15, -0.1) is 11.3 Å². The van der Waals surface area contributed by atoms with Crippen LogP contribution in [0.2, 0.25) is 0 Å². The van der Waals surface area contributed by atoms with Crippen molar-refractivity contribution >= 4 is 11.3 Å². The van der Waals surface area contributed by atoms with E-state index in [1.54, 1.807) is 17.7 Å². The molecule has 2 rings (SSSR count). The van der Waals surface area contributed by atoms with Gasteiger partial charge in [-0.1, -0.05) is 20.8 Å². The van der Waals surface area contributed by atoms with Crippen molar-refractivity contribution in [1.29, 1.82) is 0 Å². The van der Waals surface area contributed by atoms with Crippen LogP contribution in [0.1, 0.15) is 37.3 Å². The summed E-state index contributed by atoms with van der Waals surface area (Å²) < 4.78 is 2.03. The highest BCUT2D eigenvalue weighted by molar-refractivity contribution is 7.09. The van der Waals surface area contributed by atoms with Crippen molar-refractivity contribution in [2.75, 3.05) is 6.54 Å². The molecule has 1 unspecified atom stereocenters. The normalized spacial score (nSPS) is 13.0. The minimum absolute atomic E-state index is 0.357. The van der Waals surface area contributed by atoms with Crippen LogP contribution in [0.3, 0.4) is 0 Å². The van der Waals surface area contributed by atoms with Crippen LogP contribution in [-0.2, 0) is 19.4 Å². The maximum Gasteiger partial charge on any atom is 0.138 e. The Labute approximate surface area is 130 Å². The van der Waals surface area contributed by atoms with Crippen molar-refractivity contribution < 1.29 is 0 Å². The monoisotopic (exact) mass is 307 g/mol. The fraction of sp³-hybridized carbons (Fsp3) is 0.667. The molecular formula is C15H25N5S. The summed E-state index contributed by atoms with van der Waals surface area (Å²) in [6.07, 6.45) is 3.49. The maximum atomic E-state index is 4.57. The van der Waals surface area contributed by atoms with E-state index in [4.69, 9.17) is 0 Å². The van der Waals surface area contributed by atoms with Crippen molar-refractivity contribution in [3.05, 3.63) is 28.2 Å². The number of hydrogen-bond acceptors (Lipinski definition) is 5. The third kappa shape index (κ3) is 4.89. The zero-order valence-electron chi connectivity index (χ0n) is 13.3. The number of aryl methyl sites for hydroxylation is 1. The van der Waals surface area contributed by atoms with Crippen LogP contribution < -0.4 is 5.32 Å². The first-order chi connectivity index (χ1) is 10.1. The summed E-state index contributed by atoms with van der Waals surface area (Å²) in [6.45, 7) is 10.5. The predicted molar refractivity (Wildman–Crippen MR) is 86.6 cm³/mol. The molecule has 0 saturated carbocycles. The summed E-state index contributed by atoms with van der Waals surface area (Å²) >= 11 is 1.74. The second-order valence-corrected chi connectivity index (χ2v) is 6.74. The van der Waals surface area contributed by atoms with Gasteiger partial charge in [-0.3, -0.25) is 0 Å². The number of likely N-dealkylation sites (N-methyl/N-ethyl adjacent to an activating group) is 1. The molecule has 0 aliphatic heterocycles. The molecule has 0 amide bonds. The van der Waals surface area contributed by atoms with Gasteiger partial charge in [0.05, 0.1) is 5.01 Å². The largest absolute Gasteiger partial charge is 0.313 e. The molecule has 0 saturated heterocycles. The minimum atomic E-state index is 0.357. The molecule has 0 bridgehead atoms. The van der Waals surface area contributed by atoms with Crippen LogP contribution in [-0.4, -0.2) is 32.3 Å². The van der Waals surface area contributed by atoms with Crippen molar-refractivity contribution in [3.8, 4) is 0 Å². The number of nitrogens with zero attached hydrogens (tertiary/aromatic N) is 4. The first-order valence-electron chi connectivity index (χ1n) is 7.59. The average molecular weight is 307 g/mol. The molecule has 5 nitrogen and oxygen atoms in total. The van der Waals surface area contributed by atoms with Gasteiger partial charge in [-0.25, -0.2) is 14.6 Å². The molecule has 1 N–H and O–H groups in total. The van der Waals surface area contributed by atoms with Crippen LogP contribution in [0, 0.1) is 12.8 Å². The maximum absolute atomic E-state index is 4.57. The molecule has 2 aromatic rings. The number of aromatic nitrogens is 4. The SMILES string of the molecule is CCNC(Cc1nc(C)cs1)Cc1ncnn1CC(C)C. The molecule has 0 fully saturated rings. The molecule has 2 aromatic heterocycles. The van der Waals surface area contributed by atoms with Gasteiger partial charge in [0.2, 0.25) is 0 Å². The lowest BCUT2D eigenvalue weighted by molar-refractivity contribution is 0.441. The number of thiazole rings is 1. The van der Waals surface area contributed by atoms with Gasteiger partial charge in [0.1, 0.15) is 12.2 Å². The molecule has 1 atom stereocenters. The highest BCUT2D eigenvalue weighted by Crippen LogP contribution is 2.13. The van der Waals surface area contributed by atoms with Gasteiger partial charge in [0.25, 0.3) is 0 Å². The van der Waals surface area contributed by atoms with E-state index in [2.05, 4.69) is 46.5 Å². The topological polar surface area (TPSA) is 55.6 Å². The van der Waals surface area contributed by atoms with Gasteiger partial charge in [-0.05, 0) is 19.4 Å². The summed E-state index contributed by atoms with van der Waals surface area (Å²) in [5, 5.41) is 11.2. The Balaban J connectivity index is 2.03. The first-order valence-corrected chi connectivity index (χ1v) is 8.47. The molecule has 0 aromatic carbocycles. The number of rotatable bonds is 8. The van der Waals surface area contributed by atoms with Crippen molar-refractivity contribution in [3.63, 3.8) is 0 Å². The highest BCUT2D eigenvalue weighted by atomic mass is 32.1. The van der Waals surface area contributed by atoms with Crippen LogP contribution in [0.5, 0.6) is 0 Å². The first kappa shape index (κ1) is 16.1. The Morgan fingerprint density at radius 3 is 2.76 bits per heavy atom. The highest BCUT2D eigenvalue weighted by Gasteiger charge is 2.16. The summed E-state index contributed by atoms with van der Waals surface area (Å²) in [5.74, 6) is 1.63. The van der Waals surface area contributed by atoms with E-state index in [9.17, 15) is 0 Å². The Bertz CT molecular complexity index is 546. The molecule has 0 aliphatic carbocycles. The van der Waals surface area contributed by atoms with E-state index in [0.29, 0.717) is 12.0 Å². The number of hydrogen-bond donors (Lipinski definition) is 1. The van der Waals surface area contributed by atoms with E-state index < -0.39 is 0 Å². The van der Waals surface area contributed by atoms with E-state index in [1.165, 1.54) is 5.01 Å². The molecule has 2 heterocycles. The van der Waals surface area contributed by atoms with Gasteiger partial charge in [0.15, 0.2) is 0 Å². The van der Waals surface area contributed by atoms with E-state index in [-0.39, 0.29) is 0 Å². The fourth-order valence-corrected chi connectivity index (χ4v) is 3.23.